The number of hydrogen-bond acceptors (Lipinski definition) is 5. The number of hydrogen-bond donors (Lipinski definition) is 3. The molecule has 0 heterocycles. The van der Waals surface area contributed by atoms with Crippen LogP contribution in [0.4, 0.5) is 0 Å². The quantitative estimate of drug-likeness (QED) is 0.253. The number of Topliss-reactive ketones (excluding diaryl/α,β-unsaturated/α-hetero) is 2. The number of carbonyl (C=O) groups excluding carboxylic acids is 2. The van der Waals surface area contributed by atoms with E-state index in [0.29, 0.717) is 12.8 Å². The first-order chi connectivity index (χ1) is 12.4. The Balaban J connectivity index is 3.34. The molecule has 0 saturated carbocycles. The topological polar surface area (TPSA) is 94.8 Å². The Morgan fingerprint density at radius 2 is 0.962 bits per heavy atom. The van der Waals surface area contributed by atoms with Gasteiger partial charge in [0.05, 0.1) is 18.6 Å². The van der Waals surface area contributed by atoms with E-state index in [0.717, 1.165) is 32.1 Å². The van der Waals surface area contributed by atoms with E-state index in [4.69, 9.17) is 5.11 Å². The molecule has 0 aliphatic rings. The predicted octanol–water partition coefficient (Wildman–Crippen LogP) is 3.57. The molecule has 0 amide bonds. The van der Waals surface area contributed by atoms with Crippen molar-refractivity contribution in [2.75, 3.05) is 6.61 Å². The van der Waals surface area contributed by atoms with Crippen molar-refractivity contribution in [2.45, 2.75) is 110 Å². The first-order valence-corrected chi connectivity index (χ1v) is 10.4. The van der Waals surface area contributed by atoms with Crippen LogP contribution in [0.5, 0.6) is 0 Å². The summed E-state index contributed by atoms with van der Waals surface area (Å²) in [6.07, 6.45) is 11.9. The number of aliphatic hydroxyl groups is 3. The fraction of sp³-hybridized carbons (Fsp3) is 0.905. The molecule has 2 atom stereocenters. The summed E-state index contributed by atoms with van der Waals surface area (Å²) in [6, 6.07) is 0. The van der Waals surface area contributed by atoms with Gasteiger partial charge < -0.3 is 15.3 Å². The third-order valence-corrected chi connectivity index (χ3v) is 5.11. The largest absolute Gasteiger partial charge is 0.394 e. The zero-order valence-electron chi connectivity index (χ0n) is 16.8. The molecule has 3 N–H and O–H groups in total. The lowest BCUT2D eigenvalue weighted by molar-refractivity contribution is -0.130. The van der Waals surface area contributed by atoms with E-state index < -0.39 is 12.2 Å². The Labute approximate surface area is 159 Å². The molecule has 0 aromatic rings. The highest BCUT2D eigenvalue weighted by atomic mass is 16.4. The van der Waals surface area contributed by atoms with Crippen LogP contribution in [0.2, 0.25) is 0 Å². The molecule has 5 nitrogen and oxygen atoms in total. The molecule has 2 unspecified atom stereocenters. The van der Waals surface area contributed by atoms with Gasteiger partial charge >= 0.3 is 0 Å². The van der Waals surface area contributed by atoms with Gasteiger partial charge in [0, 0.05) is 0 Å². The molecule has 0 saturated heterocycles. The standard InChI is InChI=1S/C21H40O5/c1-17(23)19(18(2)24)14-12-10-8-6-4-3-5-7-9-11-13-15-20(25)21(26)16-22/h19-22,25-26H,3-16H2,1-2H3. The van der Waals surface area contributed by atoms with Gasteiger partial charge in [0.25, 0.3) is 0 Å². The van der Waals surface area contributed by atoms with Crippen molar-refractivity contribution < 1.29 is 24.9 Å². The number of aliphatic hydroxyl groups excluding tert-OH is 3. The number of ketones is 2. The maximum Gasteiger partial charge on any atom is 0.140 e. The van der Waals surface area contributed by atoms with Gasteiger partial charge in [-0.1, -0.05) is 70.6 Å². The van der Waals surface area contributed by atoms with Crippen LogP contribution in [0.3, 0.4) is 0 Å². The van der Waals surface area contributed by atoms with Gasteiger partial charge in [0.1, 0.15) is 17.7 Å². The van der Waals surface area contributed by atoms with Gasteiger partial charge in [-0.05, 0) is 26.7 Å². The van der Waals surface area contributed by atoms with Crippen LogP contribution < -0.4 is 0 Å². The minimum atomic E-state index is -1.01. The van der Waals surface area contributed by atoms with Gasteiger partial charge in [-0.25, -0.2) is 0 Å². The molecule has 26 heavy (non-hydrogen) atoms. The number of unbranched alkanes of at least 4 members (excludes halogenated alkanes) is 10. The van der Waals surface area contributed by atoms with E-state index in [1.165, 1.54) is 52.4 Å². The third-order valence-electron chi connectivity index (χ3n) is 5.11. The molecule has 0 spiro atoms. The van der Waals surface area contributed by atoms with Crippen LogP contribution in [-0.2, 0) is 9.59 Å². The van der Waals surface area contributed by atoms with Gasteiger partial charge in [-0.2, -0.15) is 0 Å². The van der Waals surface area contributed by atoms with Gasteiger partial charge in [-0.15, -0.1) is 0 Å². The lowest BCUT2D eigenvalue weighted by Gasteiger charge is -2.14. The predicted molar refractivity (Wildman–Crippen MR) is 104 cm³/mol. The van der Waals surface area contributed by atoms with E-state index in [1.807, 2.05) is 0 Å². The minimum absolute atomic E-state index is 0.00316. The summed E-state index contributed by atoms with van der Waals surface area (Å²) in [6.45, 7) is 2.63. The van der Waals surface area contributed by atoms with Crippen molar-refractivity contribution >= 4 is 11.6 Å². The van der Waals surface area contributed by atoms with Crippen molar-refractivity contribution in [3.8, 4) is 0 Å². The van der Waals surface area contributed by atoms with Crippen molar-refractivity contribution in [1.29, 1.82) is 0 Å². The van der Waals surface area contributed by atoms with Crippen molar-refractivity contribution in [3.63, 3.8) is 0 Å². The summed E-state index contributed by atoms with van der Waals surface area (Å²) >= 11 is 0. The van der Waals surface area contributed by atoms with E-state index in [1.54, 1.807) is 0 Å². The molecule has 0 fully saturated rings. The Morgan fingerprint density at radius 3 is 1.31 bits per heavy atom. The monoisotopic (exact) mass is 372 g/mol. The van der Waals surface area contributed by atoms with Crippen LogP contribution in [0, 0.1) is 5.92 Å². The van der Waals surface area contributed by atoms with Crippen molar-refractivity contribution in [3.05, 3.63) is 0 Å². The second-order valence-corrected chi connectivity index (χ2v) is 7.56. The fourth-order valence-corrected chi connectivity index (χ4v) is 3.30. The second kappa shape index (κ2) is 16.4. The van der Waals surface area contributed by atoms with Crippen molar-refractivity contribution in [1.82, 2.24) is 0 Å². The Bertz CT molecular complexity index is 355. The summed E-state index contributed by atoms with van der Waals surface area (Å²) in [5.74, 6) is -0.392. The van der Waals surface area contributed by atoms with E-state index >= 15 is 0 Å². The molecule has 0 radical (unpaired) electrons. The van der Waals surface area contributed by atoms with Crippen LogP contribution in [-0.4, -0.2) is 45.7 Å². The Morgan fingerprint density at radius 1 is 0.615 bits per heavy atom. The molecule has 5 heteroatoms. The summed E-state index contributed by atoms with van der Waals surface area (Å²) in [5, 5.41) is 27.5. The zero-order chi connectivity index (χ0) is 19.8. The van der Waals surface area contributed by atoms with Crippen LogP contribution in [0.15, 0.2) is 0 Å². The van der Waals surface area contributed by atoms with E-state index in [9.17, 15) is 19.8 Å². The molecular weight excluding hydrogens is 332 g/mol. The highest BCUT2D eigenvalue weighted by Gasteiger charge is 2.18. The number of rotatable bonds is 18. The molecule has 0 bridgehead atoms. The molecule has 0 aliphatic heterocycles. The third kappa shape index (κ3) is 13.4. The average molecular weight is 373 g/mol. The number of carbonyl (C=O) groups is 2. The minimum Gasteiger partial charge on any atom is -0.394 e. The zero-order valence-corrected chi connectivity index (χ0v) is 16.8. The van der Waals surface area contributed by atoms with Crippen LogP contribution >= 0.6 is 0 Å². The first-order valence-electron chi connectivity index (χ1n) is 10.4. The molecule has 0 aromatic heterocycles. The molecule has 0 aromatic carbocycles. The molecular formula is C21H40O5. The summed E-state index contributed by atoms with van der Waals surface area (Å²) in [4.78, 5) is 22.7. The van der Waals surface area contributed by atoms with Crippen LogP contribution in [0.25, 0.3) is 0 Å². The average Bonchev–Trinajstić information content (AvgIpc) is 2.60. The SMILES string of the molecule is CC(=O)C(CCCCCCCCCCCCCC(O)C(O)CO)C(C)=O. The highest BCUT2D eigenvalue weighted by Crippen LogP contribution is 2.16. The van der Waals surface area contributed by atoms with Crippen molar-refractivity contribution in [2.24, 2.45) is 5.92 Å². The smallest absolute Gasteiger partial charge is 0.140 e. The summed E-state index contributed by atoms with van der Waals surface area (Å²) in [7, 11) is 0. The van der Waals surface area contributed by atoms with Gasteiger partial charge in [0.15, 0.2) is 0 Å². The first kappa shape index (κ1) is 25.2. The van der Waals surface area contributed by atoms with E-state index in [2.05, 4.69) is 0 Å². The van der Waals surface area contributed by atoms with Gasteiger partial charge in [-0.3, -0.25) is 9.59 Å². The lowest BCUT2D eigenvalue weighted by Crippen LogP contribution is -2.28. The van der Waals surface area contributed by atoms with Gasteiger partial charge in [0.2, 0.25) is 0 Å². The van der Waals surface area contributed by atoms with E-state index in [-0.39, 0.29) is 24.1 Å². The molecule has 154 valence electrons. The molecule has 0 aliphatic carbocycles. The van der Waals surface area contributed by atoms with Crippen LogP contribution in [0.1, 0.15) is 97.3 Å². The maximum absolute atomic E-state index is 11.3. The fourth-order valence-electron chi connectivity index (χ4n) is 3.30. The lowest BCUT2D eigenvalue weighted by atomic mass is 9.93. The second-order valence-electron chi connectivity index (χ2n) is 7.56. The molecule has 0 rings (SSSR count). The summed E-state index contributed by atoms with van der Waals surface area (Å²) in [5.41, 5.74) is 0. The maximum atomic E-state index is 11.3. The summed E-state index contributed by atoms with van der Waals surface area (Å²) < 4.78 is 0. The Kier molecular flexibility index (Phi) is 15.9. The Hall–Kier alpha value is -0.780. The normalized spacial score (nSPS) is 13.8. The highest BCUT2D eigenvalue weighted by molar-refractivity contribution is 6.00.